The minimum atomic E-state index is -4.14. The van der Waals surface area contributed by atoms with Gasteiger partial charge in [0.25, 0.3) is 15.7 Å². The summed E-state index contributed by atoms with van der Waals surface area (Å²) in [5.74, 6) is -0.0236. The second-order valence-electron chi connectivity index (χ2n) is 3.89. The normalized spacial score (nSPS) is 10.9. The zero-order chi connectivity index (χ0) is 15.5. The number of benzene rings is 1. The number of rotatable bonds is 5. The molecule has 2 N–H and O–H groups in total. The van der Waals surface area contributed by atoms with E-state index >= 15 is 0 Å². The number of anilines is 2. The summed E-state index contributed by atoms with van der Waals surface area (Å²) in [6.07, 6.45) is 3.88. The zero-order valence-corrected chi connectivity index (χ0v) is 11.7. The molecule has 0 aliphatic heterocycles. The molecule has 0 radical (unpaired) electrons. The highest BCUT2D eigenvalue weighted by atomic mass is 32.2. The number of hydrogen-bond acceptors (Lipinski definition) is 7. The van der Waals surface area contributed by atoms with Crippen molar-refractivity contribution < 1.29 is 13.3 Å². The second kappa shape index (κ2) is 5.71. The van der Waals surface area contributed by atoms with Gasteiger partial charge in [0.15, 0.2) is 10.7 Å². The Hall–Kier alpha value is -2.75. The van der Waals surface area contributed by atoms with Gasteiger partial charge in [0.05, 0.1) is 11.1 Å². The fourth-order valence-electron chi connectivity index (χ4n) is 1.59. The van der Waals surface area contributed by atoms with Crippen molar-refractivity contribution in [1.82, 2.24) is 9.97 Å². The van der Waals surface area contributed by atoms with Crippen molar-refractivity contribution in [2.24, 2.45) is 0 Å². The van der Waals surface area contributed by atoms with Crippen molar-refractivity contribution in [1.29, 1.82) is 0 Å². The van der Waals surface area contributed by atoms with Crippen LogP contribution >= 0.6 is 0 Å². The van der Waals surface area contributed by atoms with Gasteiger partial charge in [-0.15, -0.1) is 0 Å². The first kappa shape index (κ1) is 14.7. The average molecular weight is 309 g/mol. The van der Waals surface area contributed by atoms with Gasteiger partial charge in [-0.1, -0.05) is 0 Å². The predicted octanol–water partition coefficient (Wildman–Crippen LogP) is 1.23. The van der Waals surface area contributed by atoms with E-state index in [4.69, 9.17) is 0 Å². The molecule has 110 valence electrons. The molecule has 0 aliphatic rings. The summed E-state index contributed by atoms with van der Waals surface area (Å²) in [6, 6.07) is 3.73. The molecule has 0 unspecified atom stereocenters. The van der Waals surface area contributed by atoms with E-state index in [1.807, 2.05) is 0 Å². The molecular formula is C11H11N5O4S. The van der Waals surface area contributed by atoms with Crippen LogP contribution in [0.1, 0.15) is 0 Å². The Morgan fingerprint density at radius 3 is 2.62 bits per heavy atom. The van der Waals surface area contributed by atoms with E-state index in [1.54, 1.807) is 7.05 Å². The predicted molar refractivity (Wildman–Crippen MR) is 75.5 cm³/mol. The van der Waals surface area contributed by atoms with Crippen LogP contribution < -0.4 is 10.0 Å². The summed E-state index contributed by atoms with van der Waals surface area (Å²) in [4.78, 5) is 17.3. The summed E-state index contributed by atoms with van der Waals surface area (Å²) < 4.78 is 26.6. The van der Waals surface area contributed by atoms with E-state index in [9.17, 15) is 18.5 Å². The van der Waals surface area contributed by atoms with Crippen LogP contribution in [0.15, 0.2) is 41.7 Å². The van der Waals surface area contributed by atoms with Crippen molar-refractivity contribution in [2.75, 3.05) is 17.1 Å². The standard InChI is InChI=1S/C11H11N5O4S/c1-12-8-2-3-10(9(6-8)16(17)18)21(19,20)15-11-7-13-4-5-14-11/h2-7,12H,1H3,(H,14,15). The van der Waals surface area contributed by atoms with Gasteiger partial charge in [0.1, 0.15) is 0 Å². The third kappa shape index (κ3) is 3.23. The van der Waals surface area contributed by atoms with Gasteiger partial charge in [-0.3, -0.25) is 19.8 Å². The SMILES string of the molecule is CNc1ccc(S(=O)(=O)Nc2cnccn2)c([N+](=O)[O-])c1. The maximum Gasteiger partial charge on any atom is 0.291 e. The maximum absolute atomic E-state index is 12.2. The number of nitrogens with one attached hydrogen (secondary N) is 2. The fraction of sp³-hybridized carbons (Fsp3) is 0.0909. The molecule has 0 atom stereocenters. The molecule has 9 nitrogen and oxygen atoms in total. The molecule has 0 saturated heterocycles. The van der Waals surface area contributed by atoms with E-state index in [1.165, 1.54) is 24.7 Å². The summed E-state index contributed by atoms with van der Waals surface area (Å²) >= 11 is 0. The topological polar surface area (TPSA) is 127 Å². The van der Waals surface area contributed by atoms with Gasteiger partial charge in [-0.25, -0.2) is 13.4 Å². The van der Waals surface area contributed by atoms with Crippen LogP contribution in [-0.2, 0) is 10.0 Å². The van der Waals surface area contributed by atoms with E-state index in [0.717, 1.165) is 12.1 Å². The largest absolute Gasteiger partial charge is 0.388 e. The first-order chi connectivity index (χ1) is 9.94. The van der Waals surface area contributed by atoms with E-state index in [0.29, 0.717) is 5.69 Å². The van der Waals surface area contributed by atoms with Crippen molar-refractivity contribution in [3.63, 3.8) is 0 Å². The van der Waals surface area contributed by atoms with Gasteiger partial charge in [-0.2, -0.15) is 0 Å². The molecule has 2 aromatic rings. The molecule has 1 aromatic heterocycles. The van der Waals surface area contributed by atoms with E-state index in [-0.39, 0.29) is 5.82 Å². The second-order valence-corrected chi connectivity index (χ2v) is 5.54. The fourth-order valence-corrected chi connectivity index (χ4v) is 2.73. The van der Waals surface area contributed by atoms with Crippen LogP contribution in [-0.4, -0.2) is 30.4 Å². The maximum atomic E-state index is 12.2. The number of sulfonamides is 1. The van der Waals surface area contributed by atoms with Gasteiger partial charge in [0, 0.05) is 31.2 Å². The molecule has 10 heteroatoms. The quantitative estimate of drug-likeness (QED) is 0.628. The molecular weight excluding hydrogens is 298 g/mol. The first-order valence-electron chi connectivity index (χ1n) is 5.69. The summed E-state index contributed by atoms with van der Waals surface area (Å²) in [5, 5.41) is 13.8. The highest BCUT2D eigenvalue weighted by Crippen LogP contribution is 2.28. The molecule has 21 heavy (non-hydrogen) atoms. The third-order valence-corrected chi connectivity index (χ3v) is 3.94. The monoisotopic (exact) mass is 309 g/mol. The Morgan fingerprint density at radius 1 is 1.29 bits per heavy atom. The van der Waals surface area contributed by atoms with E-state index in [2.05, 4.69) is 20.0 Å². The van der Waals surface area contributed by atoms with Crippen molar-refractivity contribution in [3.8, 4) is 0 Å². The molecule has 0 saturated carbocycles. The number of nitro benzene ring substituents is 1. The van der Waals surface area contributed by atoms with Crippen LogP contribution in [0, 0.1) is 10.1 Å². The molecule has 0 aliphatic carbocycles. The molecule has 0 bridgehead atoms. The molecule has 0 fully saturated rings. The molecule has 2 rings (SSSR count). The zero-order valence-electron chi connectivity index (χ0n) is 10.8. The molecule has 1 heterocycles. The van der Waals surface area contributed by atoms with Crippen LogP contribution in [0.2, 0.25) is 0 Å². The minimum absolute atomic E-state index is 0.0236. The number of aromatic nitrogens is 2. The summed E-state index contributed by atoms with van der Waals surface area (Å²) in [5.41, 5.74) is -0.0987. The van der Waals surface area contributed by atoms with Crippen molar-refractivity contribution in [3.05, 3.63) is 46.9 Å². The van der Waals surface area contributed by atoms with Crippen molar-refractivity contribution in [2.45, 2.75) is 4.90 Å². The van der Waals surface area contributed by atoms with Gasteiger partial charge in [0.2, 0.25) is 0 Å². The van der Waals surface area contributed by atoms with Gasteiger partial charge >= 0.3 is 0 Å². The Kier molecular flexibility index (Phi) is 3.98. The third-order valence-electron chi connectivity index (χ3n) is 2.54. The highest BCUT2D eigenvalue weighted by molar-refractivity contribution is 7.92. The van der Waals surface area contributed by atoms with Gasteiger partial charge < -0.3 is 5.32 Å². The Balaban J connectivity index is 2.47. The lowest BCUT2D eigenvalue weighted by atomic mass is 10.3. The number of hydrogen-bond donors (Lipinski definition) is 2. The van der Waals surface area contributed by atoms with Crippen molar-refractivity contribution >= 4 is 27.2 Å². The summed E-state index contributed by atoms with van der Waals surface area (Å²) in [7, 11) is -2.56. The number of nitro groups is 1. The van der Waals surface area contributed by atoms with Gasteiger partial charge in [-0.05, 0) is 12.1 Å². The lowest BCUT2D eigenvalue weighted by Crippen LogP contribution is -2.15. The smallest absolute Gasteiger partial charge is 0.291 e. The molecule has 1 aromatic carbocycles. The number of nitrogens with zero attached hydrogens (tertiary/aromatic N) is 3. The summed E-state index contributed by atoms with van der Waals surface area (Å²) in [6.45, 7) is 0. The highest BCUT2D eigenvalue weighted by Gasteiger charge is 2.26. The minimum Gasteiger partial charge on any atom is -0.388 e. The average Bonchev–Trinajstić information content (AvgIpc) is 2.47. The van der Waals surface area contributed by atoms with Crippen LogP contribution in [0.4, 0.5) is 17.2 Å². The van der Waals surface area contributed by atoms with Crippen LogP contribution in [0.3, 0.4) is 0 Å². The lowest BCUT2D eigenvalue weighted by Gasteiger charge is -2.08. The Labute approximate surface area is 120 Å². The Morgan fingerprint density at radius 2 is 2.05 bits per heavy atom. The Bertz CT molecular complexity index is 763. The lowest BCUT2D eigenvalue weighted by molar-refractivity contribution is -0.387. The first-order valence-corrected chi connectivity index (χ1v) is 7.17. The molecule has 0 spiro atoms. The molecule has 0 amide bonds. The van der Waals surface area contributed by atoms with E-state index < -0.39 is 25.5 Å². The van der Waals surface area contributed by atoms with Crippen LogP contribution in [0.25, 0.3) is 0 Å². The van der Waals surface area contributed by atoms with Crippen LogP contribution in [0.5, 0.6) is 0 Å².